The van der Waals surface area contributed by atoms with Crippen LogP contribution < -0.4 is 5.43 Å². The molecule has 2 N–H and O–H groups in total. The van der Waals surface area contributed by atoms with E-state index in [9.17, 15) is 27.1 Å². The molecular weight excluding hydrogens is 455 g/mol. The molecule has 2 aromatic rings. The van der Waals surface area contributed by atoms with Gasteiger partial charge in [-0.05, 0) is 28.1 Å². The first-order chi connectivity index (χ1) is 10.7. The molecule has 23 heavy (non-hydrogen) atoms. The molecule has 0 fully saturated rings. The summed E-state index contributed by atoms with van der Waals surface area (Å²) in [5.41, 5.74) is 0.563. The number of nitrogens with zero attached hydrogens (tertiary/aromatic N) is 1. The molecule has 0 aliphatic heterocycles. The van der Waals surface area contributed by atoms with Crippen molar-refractivity contribution in [1.82, 2.24) is 0 Å². The molecule has 122 valence electrons. The number of rotatable bonds is 3. The molecule has 0 aromatic heterocycles. The lowest BCUT2D eigenvalue weighted by molar-refractivity contribution is 0.381. The predicted molar refractivity (Wildman–Crippen MR) is 81.0 cm³/mol. The second kappa shape index (κ2) is 6.83. The van der Waals surface area contributed by atoms with Gasteiger partial charge in [-0.2, -0.15) is 5.10 Å². The smallest absolute Gasteiger partial charge is 0.200 e. The van der Waals surface area contributed by atoms with Crippen molar-refractivity contribution in [3.8, 4) is 5.75 Å². The SMILES string of the molecule is Oc1c(Br)cc(Br)cc1/C=N\Nc1c(F)c(F)c(F)c(F)c1F. The standard InChI is InChI=1S/C13H5Br2F5N2O/c14-5-1-4(13(23)6(15)2-5)3-21-22-12-10(19)8(17)7(16)9(18)11(12)20/h1-3,22-23H/b21-3-. The van der Waals surface area contributed by atoms with Gasteiger partial charge in [0.25, 0.3) is 0 Å². The first kappa shape index (κ1) is 17.7. The Kier molecular flexibility index (Phi) is 5.25. The molecule has 10 heteroatoms. The minimum Gasteiger partial charge on any atom is -0.506 e. The van der Waals surface area contributed by atoms with Gasteiger partial charge < -0.3 is 5.11 Å². The Hall–Kier alpha value is -1.68. The summed E-state index contributed by atoms with van der Waals surface area (Å²) in [6.07, 6.45) is 0.947. The zero-order valence-corrected chi connectivity index (χ0v) is 13.9. The maximum atomic E-state index is 13.4. The molecule has 0 aliphatic carbocycles. The third kappa shape index (κ3) is 3.47. The van der Waals surface area contributed by atoms with E-state index in [0.717, 1.165) is 6.21 Å². The van der Waals surface area contributed by atoms with E-state index in [1.165, 1.54) is 12.1 Å². The van der Waals surface area contributed by atoms with Crippen LogP contribution in [0.25, 0.3) is 0 Å². The monoisotopic (exact) mass is 458 g/mol. The van der Waals surface area contributed by atoms with E-state index >= 15 is 0 Å². The van der Waals surface area contributed by atoms with Gasteiger partial charge in [-0.3, -0.25) is 5.43 Å². The Balaban J connectivity index is 2.36. The number of phenols is 1. The number of phenolic OH excluding ortho intramolecular Hbond substituents is 1. The van der Waals surface area contributed by atoms with Crippen molar-refractivity contribution in [2.45, 2.75) is 0 Å². The molecule has 0 amide bonds. The zero-order valence-electron chi connectivity index (χ0n) is 10.8. The fourth-order valence-electron chi connectivity index (χ4n) is 1.55. The van der Waals surface area contributed by atoms with Crippen LogP contribution in [0, 0.1) is 29.1 Å². The first-order valence-electron chi connectivity index (χ1n) is 5.72. The van der Waals surface area contributed by atoms with Gasteiger partial charge in [0.15, 0.2) is 23.3 Å². The molecule has 0 spiro atoms. The number of hydrogen-bond acceptors (Lipinski definition) is 3. The first-order valence-corrected chi connectivity index (χ1v) is 7.31. The summed E-state index contributed by atoms with van der Waals surface area (Å²) in [5.74, 6) is -10.8. The Morgan fingerprint density at radius 1 is 0.913 bits per heavy atom. The van der Waals surface area contributed by atoms with Gasteiger partial charge in [-0.15, -0.1) is 0 Å². The molecule has 2 rings (SSSR count). The van der Waals surface area contributed by atoms with E-state index in [-0.39, 0.29) is 11.3 Å². The van der Waals surface area contributed by atoms with Crippen molar-refractivity contribution < 1.29 is 27.1 Å². The van der Waals surface area contributed by atoms with Crippen LogP contribution in [0.15, 0.2) is 26.2 Å². The third-order valence-corrected chi connectivity index (χ3v) is 3.71. The highest BCUT2D eigenvalue weighted by atomic mass is 79.9. The summed E-state index contributed by atoms with van der Waals surface area (Å²) >= 11 is 6.21. The molecule has 3 nitrogen and oxygen atoms in total. The van der Waals surface area contributed by atoms with Gasteiger partial charge in [0, 0.05) is 10.0 Å². The number of hydrogen-bond donors (Lipinski definition) is 2. The van der Waals surface area contributed by atoms with Crippen LogP contribution in [0.2, 0.25) is 0 Å². The summed E-state index contributed by atoms with van der Waals surface area (Å²) in [5, 5.41) is 13.1. The Bertz CT molecular complexity index is 785. The van der Waals surface area contributed by atoms with Crippen molar-refractivity contribution in [3.05, 3.63) is 55.7 Å². The van der Waals surface area contributed by atoms with Crippen LogP contribution in [0.3, 0.4) is 0 Å². The van der Waals surface area contributed by atoms with E-state index < -0.39 is 34.8 Å². The lowest BCUT2D eigenvalue weighted by Crippen LogP contribution is -2.06. The van der Waals surface area contributed by atoms with Crippen LogP contribution in [0.1, 0.15) is 5.56 Å². The summed E-state index contributed by atoms with van der Waals surface area (Å²) < 4.78 is 66.6. The number of anilines is 1. The summed E-state index contributed by atoms with van der Waals surface area (Å²) in [6, 6.07) is 2.95. The Morgan fingerprint density at radius 3 is 2.00 bits per heavy atom. The molecule has 0 heterocycles. The van der Waals surface area contributed by atoms with Gasteiger partial charge in [-0.25, -0.2) is 22.0 Å². The van der Waals surface area contributed by atoms with E-state index in [2.05, 4.69) is 37.0 Å². The lowest BCUT2D eigenvalue weighted by Gasteiger charge is -2.07. The molecule has 0 bridgehead atoms. The molecule has 0 saturated heterocycles. The number of halogens is 7. The topological polar surface area (TPSA) is 44.6 Å². The van der Waals surface area contributed by atoms with Crippen LogP contribution in [-0.2, 0) is 0 Å². The minimum atomic E-state index is -2.26. The molecule has 0 unspecified atom stereocenters. The van der Waals surface area contributed by atoms with E-state index in [1.807, 2.05) is 0 Å². The summed E-state index contributed by atoms with van der Waals surface area (Å²) in [6.45, 7) is 0. The van der Waals surface area contributed by atoms with Gasteiger partial charge in [0.05, 0.1) is 10.7 Å². The maximum Gasteiger partial charge on any atom is 0.200 e. The lowest BCUT2D eigenvalue weighted by atomic mass is 10.2. The van der Waals surface area contributed by atoms with Crippen LogP contribution in [0.4, 0.5) is 27.6 Å². The second-order valence-corrected chi connectivity index (χ2v) is 5.91. The molecule has 0 radical (unpaired) electrons. The van der Waals surface area contributed by atoms with E-state index in [1.54, 1.807) is 5.43 Å². The van der Waals surface area contributed by atoms with Gasteiger partial charge in [0.2, 0.25) is 5.82 Å². The van der Waals surface area contributed by atoms with Crippen molar-refractivity contribution in [2.24, 2.45) is 5.10 Å². The third-order valence-electron chi connectivity index (χ3n) is 2.65. The van der Waals surface area contributed by atoms with E-state index in [4.69, 9.17) is 0 Å². The highest BCUT2D eigenvalue weighted by Gasteiger charge is 2.25. The van der Waals surface area contributed by atoms with Crippen molar-refractivity contribution in [3.63, 3.8) is 0 Å². The predicted octanol–water partition coefficient (Wildman–Crippen LogP) is 5.06. The van der Waals surface area contributed by atoms with Crippen molar-refractivity contribution in [1.29, 1.82) is 0 Å². The average molecular weight is 460 g/mol. The largest absolute Gasteiger partial charge is 0.506 e. The quantitative estimate of drug-likeness (QED) is 0.221. The average Bonchev–Trinajstić information content (AvgIpc) is 2.51. The normalized spacial score (nSPS) is 11.3. The number of nitrogens with one attached hydrogen (secondary N) is 1. The van der Waals surface area contributed by atoms with Crippen LogP contribution in [-0.4, -0.2) is 11.3 Å². The van der Waals surface area contributed by atoms with Crippen molar-refractivity contribution >= 4 is 43.8 Å². The van der Waals surface area contributed by atoms with Crippen molar-refractivity contribution in [2.75, 3.05) is 5.43 Å². The summed E-state index contributed by atoms with van der Waals surface area (Å²) in [4.78, 5) is 0. The fourth-order valence-corrected chi connectivity index (χ4v) is 2.81. The highest BCUT2D eigenvalue weighted by Crippen LogP contribution is 2.31. The highest BCUT2D eigenvalue weighted by molar-refractivity contribution is 9.11. The van der Waals surface area contributed by atoms with Crippen LogP contribution >= 0.6 is 31.9 Å². The maximum absolute atomic E-state index is 13.4. The Morgan fingerprint density at radius 2 is 1.43 bits per heavy atom. The number of aromatic hydroxyl groups is 1. The van der Waals surface area contributed by atoms with Gasteiger partial charge in [0.1, 0.15) is 11.4 Å². The zero-order chi connectivity index (χ0) is 17.3. The van der Waals surface area contributed by atoms with Gasteiger partial charge in [-0.1, -0.05) is 15.9 Å². The molecule has 0 atom stereocenters. The van der Waals surface area contributed by atoms with Gasteiger partial charge >= 0.3 is 0 Å². The molecule has 0 aliphatic rings. The Labute approximate surface area is 143 Å². The summed E-state index contributed by atoms with van der Waals surface area (Å²) in [7, 11) is 0. The van der Waals surface area contributed by atoms with Crippen LogP contribution in [0.5, 0.6) is 5.75 Å². The molecule has 0 saturated carbocycles. The minimum absolute atomic E-state index is 0.127. The molecular formula is C13H5Br2F5N2O. The molecule has 2 aromatic carbocycles. The second-order valence-electron chi connectivity index (χ2n) is 4.14. The number of benzene rings is 2. The fraction of sp³-hybridized carbons (Fsp3) is 0. The number of hydrazone groups is 1. The van der Waals surface area contributed by atoms with E-state index in [0.29, 0.717) is 8.95 Å².